The molecule has 1 aromatic carbocycles. The van der Waals surface area contributed by atoms with Gasteiger partial charge in [-0.3, -0.25) is 0 Å². The first-order valence-electron chi connectivity index (χ1n) is 6.95. The van der Waals surface area contributed by atoms with Crippen LogP contribution < -0.4 is 5.73 Å². The molecule has 3 heteroatoms. The molecular weight excluding hydrogens is 244 g/mol. The molecule has 0 saturated carbocycles. The third-order valence-corrected chi connectivity index (χ3v) is 3.99. The van der Waals surface area contributed by atoms with E-state index in [9.17, 15) is 0 Å². The van der Waals surface area contributed by atoms with Gasteiger partial charge in [-0.25, -0.2) is 0 Å². The van der Waals surface area contributed by atoms with Crippen molar-refractivity contribution in [3.8, 4) is 0 Å². The molecule has 0 spiro atoms. The Morgan fingerprint density at radius 1 is 1.11 bits per heavy atom. The van der Waals surface area contributed by atoms with E-state index >= 15 is 0 Å². The van der Waals surface area contributed by atoms with Gasteiger partial charge in [0.1, 0.15) is 0 Å². The van der Waals surface area contributed by atoms with E-state index in [-0.39, 0.29) is 0 Å². The van der Waals surface area contributed by atoms with E-state index in [4.69, 9.17) is 17.3 Å². The zero-order valence-corrected chi connectivity index (χ0v) is 11.7. The van der Waals surface area contributed by atoms with Crippen LogP contribution in [0.2, 0.25) is 5.02 Å². The zero-order chi connectivity index (χ0) is 12.8. The number of likely N-dealkylation sites (tertiary alicyclic amines) is 1. The lowest BCUT2D eigenvalue weighted by Crippen LogP contribution is -2.37. The molecule has 1 aliphatic heterocycles. The number of nitrogens with two attached hydrogens (primary N) is 1. The summed E-state index contributed by atoms with van der Waals surface area (Å²) in [5.74, 6) is 0.560. The van der Waals surface area contributed by atoms with Crippen molar-refractivity contribution in [3.63, 3.8) is 0 Å². The van der Waals surface area contributed by atoms with Crippen LogP contribution in [0.25, 0.3) is 0 Å². The first-order chi connectivity index (χ1) is 8.78. The highest BCUT2D eigenvalue weighted by Gasteiger charge is 2.15. The van der Waals surface area contributed by atoms with E-state index in [0.29, 0.717) is 5.92 Å². The highest BCUT2D eigenvalue weighted by atomic mass is 35.5. The molecule has 0 amide bonds. The fourth-order valence-electron chi connectivity index (χ4n) is 2.68. The molecule has 0 radical (unpaired) electrons. The molecule has 1 fully saturated rings. The maximum absolute atomic E-state index is 5.91. The van der Waals surface area contributed by atoms with Crippen LogP contribution in [0, 0.1) is 5.92 Å². The molecule has 0 bridgehead atoms. The van der Waals surface area contributed by atoms with Crippen molar-refractivity contribution in [1.82, 2.24) is 4.90 Å². The van der Waals surface area contributed by atoms with Crippen LogP contribution in [0.15, 0.2) is 24.3 Å². The minimum atomic E-state index is 0.560. The first kappa shape index (κ1) is 13.9. The minimum Gasteiger partial charge on any atom is -0.330 e. The van der Waals surface area contributed by atoms with E-state index in [1.807, 2.05) is 12.1 Å². The Bertz CT molecular complexity index is 344. The monoisotopic (exact) mass is 266 g/mol. The highest BCUT2D eigenvalue weighted by molar-refractivity contribution is 6.30. The lowest BCUT2D eigenvalue weighted by molar-refractivity contribution is 0.196. The maximum Gasteiger partial charge on any atom is 0.0406 e. The van der Waals surface area contributed by atoms with Crippen molar-refractivity contribution in [3.05, 3.63) is 34.9 Å². The molecule has 2 rings (SSSR count). The number of hydrogen-bond donors (Lipinski definition) is 1. The second-order valence-electron chi connectivity index (χ2n) is 5.29. The third-order valence-electron chi connectivity index (χ3n) is 3.74. The molecule has 1 heterocycles. The van der Waals surface area contributed by atoms with Crippen LogP contribution in [0.4, 0.5) is 0 Å². The largest absolute Gasteiger partial charge is 0.330 e. The second-order valence-corrected chi connectivity index (χ2v) is 5.73. The van der Waals surface area contributed by atoms with Gasteiger partial charge in [-0.05, 0) is 62.5 Å². The number of hydrogen-bond acceptors (Lipinski definition) is 2. The molecule has 2 N–H and O–H groups in total. The predicted molar refractivity (Wildman–Crippen MR) is 78.0 cm³/mol. The number of nitrogens with zero attached hydrogens (tertiary/aromatic N) is 1. The molecule has 1 unspecified atom stereocenters. The molecule has 1 atom stereocenters. The van der Waals surface area contributed by atoms with Crippen LogP contribution >= 0.6 is 11.6 Å². The third kappa shape index (κ3) is 4.27. The smallest absolute Gasteiger partial charge is 0.0406 e. The Balaban J connectivity index is 1.86. The number of rotatable bonds is 5. The summed E-state index contributed by atoms with van der Waals surface area (Å²) in [6.45, 7) is 4.40. The van der Waals surface area contributed by atoms with Gasteiger partial charge in [0.15, 0.2) is 0 Å². The molecule has 100 valence electrons. The number of piperidine rings is 1. The van der Waals surface area contributed by atoms with Crippen LogP contribution in [0.3, 0.4) is 0 Å². The predicted octanol–water partition coefficient (Wildman–Crippen LogP) is 2.94. The Hall–Kier alpha value is -0.570. The van der Waals surface area contributed by atoms with Gasteiger partial charge in [0.05, 0.1) is 0 Å². The molecule has 0 aliphatic carbocycles. The highest BCUT2D eigenvalue weighted by Crippen LogP contribution is 2.16. The van der Waals surface area contributed by atoms with Gasteiger partial charge in [0.2, 0.25) is 0 Å². The lowest BCUT2D eigenvalue weighted by atomic mass is 9.98. The van der Waals surface area contributed by atoms with Crippen LogP contribution in [-0.4, -0.2) is 31.1 Å². The summed E-state index contributed by atoms with van der Waals surface area (Å²) < 4.78 is 0. The van der Waals surface area contributed by atoms with Gasteiger partial charge >= 0.3 is 0 Å². The quantitative estimate of drug-likeness (QED) is 0.888. The first-order valence-corrected chi connectivity index (χ1v) is 7.32. The molecular formula is C15H23ClN2. The van der Waals surface area contributed by atoms with Crippen molar-refractivity contribution in [1.29, 1.82) is 0 Å². The Morgan fingerprint density at radius 2 is 1.78 bits per heavy atom. The Morgan fingerprint density at radius 3 is 2.39 bits per heavy atom. The lowest BCUT2D eigenvalue weighted by Gasteiger charge is -2.30. The number of benzene rings is 1. The van der Waals surface area contributed by atoms with Crippen LogP contribution in [0.5, 0.6) is 0 Å². The van der Waals surface area contributed by atoms with Crippen molar-refractivity contribution >= 4 is 11.6 Å². The van der Waals surface area contributed by atoms with Gasteiger partial charge in [-0.15, -0.1) is 0 Å². The summed E-state index contributed by atoms with van der Waals surface area (Å²) in [7, 11) is 0. The summed E-state index contributed by atoms with van der Waals surface area (Å²) in [6.07, 6.45) is 5.14. The average Bonchev–Trinajstić information content (AvgIpc) is 2.41. The van der Waals surface area contributed by atoms with E-state index < -0.39 is 0 Å². The summed E-state index contributed by atoms with van der Waals surface area (Å²) in [5.41, 5.74) is 7.25. The SMILES string of the molecule is NCC(Cc1ccc(Cl)cc1)CN1CCCCC1. The summed E-state index contributed by atoms with van der Waals surface area (Å²) in [6, 6.07) is 8.15. The summed E-state index contributed by atoms with van der Waals surface area (Å²) in [5, 5.41) is 0.805. The topological polar surface area (TPSA) is 29.3 Å². The van der Waals surface area contributed by atoms with Crippen molar-refractivity contribution in [2.75, 3.05) is 26.2 Å². The van der Waals surface area contributed by atoms with E-state index in [1.165, 1.54) is 37.9 Å². The fourth-order valence-corrected chi connectivity index (χ4v) is 2.81. The fraction of sp³-hybridized carbons (Fsp3) is 0.600. The molecule has 18 heavy (non-hydrogen) atoms. The Kier molecular flexibility index (Phi) is 5.48. The number of halogens is 1. The van der Waals surface area contributed by atoms with Gasteiger partial charge < -0.3 is 10.6 Å². The molecule has 0 aromatic heterocycles. The molecule has 1 aromatic rings. The second kappa shape index (κ2) is 7.13. The zero-order valence-electron chi connectivity index (χ0n) is 10.9. The molecule has 1 aliphatic rings. The van der Waals surface area contributed by atoms with Gasteiger partial charge in [-0.2, -0.15) is 0 Å². The van der Waals surface area contributed by atoms with Gasteiger partial charge in [0, 0.05) is 11.6 Å². The van der Waals surface area contributed by atoms with Gasteiger partial charge in [-0.1, -0.05) is 30.2 Å². The summed E-state index contributed by atoms with van der Waals surface area (Å²) >= 11 is 5.90. The molecule has 2 nitrogen and oxygen atoms in total. The van der Waals surface area contributed by atoms with Crippen molar-refractivity contribution < 1.29 is 0 Å². The average molecular weight is 267 g/mol. The van der Waals surface area contributed by atoms with Gasteiger partial charge in [0.25, 0.3) is 0 Å². The van der Waals surface area contributed by atoms with Crippen molar-refractivity contribution in [2.45, 2.75) is 25.7 Å². The minimum absolute atomic E-state index is 0.560. The maximum atomic E-state index is 5.91. The van der Waals surface area contributed by atoms with E-state index in [0.717, 1.165) is 24.5 Å². The van der Waals surface area contributed by atoms with E-state index in [2.05, 4.69) is 17.0 Å². The standard InChI is InChI=1S/C15H23ClN2/c16-15-6-4-13(5-7-15)10-14(11-17)12-18-8-2-1-3-9-18/h4-7,14H,1-3,8-12,17H2. The van der Waals surface area contributed by atoms with Crippen LogP contribution in [-0.2, 0) is 6.42 Å². The van der Waals surface area contributed by atoms with Crippen molar-refractivity contribution in [2.24, 2.45) is 11.7 Å². The van der Waals surface area contributed by atoms with E-state index in [1.54, 1.807) is 0 Å². The summed E-state index contributed by atoms with van der Waals surface area (Å²) in [4.78, 5) is 2.57. The normalized spacial score (nSPS) is 18.8. The molecule has 1 saturated heterocycles. The Labute approximate surface area is 115 Å². The van der Waals surface area contributed by atoms with Crippen LogP contribution in [0.1, 0.15) is 24.8 Å².